The Hall–Kier alpha value is -2.70. The zero-order chi connectivity index (χ0) is 24.0. The van der Waals surface area contributed by atoms with Crippen LogP contribution in [0.1, 0.15) is 18.9 Å². The summed E-state index contributed by atoms with van der Waals surface area (Å²) in [6, 6.07) is 39.0. The largest absolute Gasteiger partial charge is 1.00 e. The van der Waals surface area contributed by atoms with Gasteiger partial charge in [0.05, 0.1) is 0 Å². The minimum absolute atomic E-state index is 0. The van der Waals surface area contributed by atoms with E-state index in [-0.39, 0.29) is 24.8 Å². The van der Waals surface area contributed by atoms with Crippen LogP contribution in [0.15, 0.2) is 127 Å². The van der Waals surface area contributed by atoms with E-state index in [0.29, 0.717) is 0 Å². The van der Waals surface area contributed by atoms with Crippen LogP contribution in [-0.2, 0) is 24.2 Å². The van der Waals surface area contributed by atoms with Gasteiger partial charge in [0.15, 0.2) is 0 Å². The number of hydrogen-bond donors (Lipinski definition) is 0. The van der Waals surface area contributed by atoms with Gasteiger partial charge in [-0.3, -0.25) is 6.08 Å². The molecule has 37 heavy (non-hydrogen) atoms. The van der Waals surface area contributed by atoms with E-state index >= 15 is 0 Å². The molecule has 0 saturated carbocycles. The molecule has 0 atom stereocenters. The molecule has 0 nitrogen and oxygen atoms in total. The summed E-state index contributed by atoms with van der Waals surface area (Å²) in [7, 11) is 0. The van der Waals surface area contributed by atoms with Gasteiger partial charge in [-0.05, 0) is 10.8 Å². The first kappa shape index (κ1) is 28.9. The van der Waals surface area contributed by atoms with E-state index in [0.717, 1.165) is 6.42 Å². The smallest absolute Gasteiger partial charge is 0.0255 e. The van der Waals surface area contributed by atoms with E-state index in [1.54, 1.807) is 0 Å². The maximum atomic E-state index is 2.99. The summed E-state index contributed by atoms with van der Waals surface area (Å²) >= 11 is 1.51. The molecule has 0 saturated heterocycles. The van der Waals surface area contributed by atoms with Crippen molar-refractivity contribution in [1.82, 2.24) is 0 Å². The third kappa shape index (κ3) is 6.42. The first-order valence-electron chi connectivity index (χ1n) is 11.9. The van der Waals surface area contributed by atoms with Crippen molar-refractivity contribution in [3.05, 3.63) is 139 Å². The number of allylic oxidation sites excluding steroid dienone is 4. The van der Waals surface area contributed by atoms with Crippen molar-refractivity contribution in [2.75, 3.05) is 0 Å². The molecular weight excluding hydrogens is 571 g/mol. The van der Waals surface area contributed by atoms with Gasteiger partial charge in [-0.2, -0.15) is 6.08 Å². The van der Waals surface area contributed by atoms with Crippen LogP contribution in [0.25, 0.3) is 43.1 Å². The summed E-state index contributed by atoms with van der Waals surface area (Å²) in [5.41, 5.74) is 1.37. The summed E-state index contributed by atoms with van der Waals surface area (Å²) in [6.07, 6.45) is 10.0. The van der Waals surface area contributed by atoms with Gasteiger partial charge in [-0.15, -0.1) is 40.1 Å². The number of halogens is 2. The minimum atomic E-state index is 0. The molecular formula is C34H26Cl2Zr-2. The summed E-state index contributed by atoms with van der Waals surface area (Å²) in [5.74, 6) is 0. The molecule has 0 N–H and O–H groups in total. The molecule has 1 aliphatic carbocycles. The van der Waals surface area contributed by atoms with Crippen LogP contribution in [0.2, 0.25) is 0 Å². The molecule has 6 aromatic carbocycles. The first-order valence-corrected chi connectivity index (χ1v) is 13.2. The van der Waals surface area contributed by atoms with E-state index in [2.05, 4.69) is 122 Å². The van der Waals surface area contributed by atoms with Crippen molar-refractivity contribution in [3.8, 4) is 0 Å². The number of benzene rings is 5. The summed E-state index contributed by atoms with van der Waals surface area (Å²) in [6.45, 7) is 2.16. The zero-order valence-corrected chi connectivity index (χ0v) is 24.6. The first-order chi connectivity index (χ1) is 17.2. The predicted octanol–water partition coefficient (Wildman–Crippen LogP) is 3.11. The van der Waals surface area contributed by atoms with Gasteiger partial charge in [-0.1, -0.05) is 77.5 Å². The van der Waals surface area contributed by atoms with Gasteiger partial charge in [-0.25, -0.2) is 12.2 Å². The predicted molar refractivity (Wildman–Crippen MR) is 150 cm³/mol. The number of hydrogen-bond acceptors (Lipinski definition) is 0. The zero-order valence-electron chi connectivity index (χ0n) is 20.6. The summed E-state index contributed by atoms with van der Waals surface area (Å²) in [4.78, 5) is 0. The van der Waals surface area contributed by atoms with E-state index in [4.69, 9.17) is 0 Å². The van der Waals surface area contributed by atoms with E-state index < -0.39 is 0 Å². The van der Waals surface area contributed by atoms with Gasteiger partial charge in [0.1, 0.15) is 0 Å². The number of fused-ring (bicyclic) bond motifs is 8. The Morgan fingerprint density at radius 2 is 1.22 bits per heavy atom. The van der Waals surface area contributed by atoms with Crippen LogP contribution >= 0.6 is 0 Å². The van der Waals surface area contributed by atoms with Crippen molar-refractivity contribution >= 4 is 46.3 Å². The van der Waals surface area contributed by atoms with Crippen LogP contribution in [-0.4, -0.2) is 3.21 Å². The Kier molecular flexibility index (Phi) is 10.7. The normalized spacial score (nSPS) is 11.3. The maximum Gasteiger partial charge on any atom is -0.0255 e. The van der Waals surface area contributed by atoms with Crippen LogP contribution in [0, 0.1) is 6.08 Å². The van der Waals surface area contributed by atoms with Crippen molar-refractivity contribution in [2.24, 2.45) is 0 Å². The molecule has 1 aliphatic rings. The van der Waals surface area contributed by atoms with Crippen LogP contribution in [0.5, 0.6) is 0 Å². The molecule has 3 heteroatoms. The van der Waals surface area contributed by atoms with Crippen LogP contribution < -0.4 is 24.8 Å². The second kappa shape index (κ2) is 13.7. The van der Waals surface area contributed by atoms with Crippen molar-refractivity contribution in [1.29, 1.82) is 0 Å². The quantitative estimate of drug-likeness (QED) is 0.202. The second-order valence-electron chi connectivity index (χ2n) is 8.61. The topological polar surface area (TPSA) is 0 Å². The molecule has 0 aromatic heterocycles. The summed E-state index contributed by atoms with van der Waals surface area (Å²) in [5, 5.41) is 10.8. The molecule has 0 aliphatic heterocycles. The maximum absolute atomic E-state index is 2.99. The molecule has 0 spiro atoms. The molecule has 182 valence electrons. The third-order valence-electron chi connectivity index (χ3n) is 6.30. The molecule has 0 heterocycles. The SMILES string of the molecule is C[C](=[Zr+2])c1ccccc1.[C-]1=CC=CC1.[Cl-].[Cl-].c1ccc2c(c1)[cH-]c1c3ccccc3c3ccccc3c21. The standard InChI is InChI=1S/C21H13.C8H8.C5H5.2ClH.Zr/c1-2-8-15-14(7-1)13-20-18-11-4-3-9-16(18)17-10-5-6-12-19(17)21(15)20;1-2-8-6-4-3-5-7-8;1-2-4-5-3-1;;;/h1-13H;3-7H,1H3;1-3H,4H2;2*1H;/q-1;;-1;;;+2/p-2. The Morgan fingerprint density at radius 3 is 1.76 bits per heavy atom. The average Bonchev–Trinajstić information content (AvgIpc) is 3.62. The molecule has 0 fully saturated rings. The van der Waals surface area contributed by atoms with Gasteiger partial charge in [0, 0.05) is 0 Å². The summed E-state index contributed by atoms with van der Waals surface area (Å²) < 4.78 is 1.46. The molecule has 0 bridgehead atoms. The molecule has 7 rings (SSSR count). The van der Waals surface area contributed by atoms with Gasteiger partial charge >= 0.3 is 70.3 Å². The van der Waals surface area contributed by atoms with Crippen LogP contribution in [0.3, 0.4) is 0 Å². The average molecular weight is 597 g/mol. The van der Waals surface area contributed by atoms with Gasteiger partial charge in [0.2, 0.25) is 0 Å². The fourth-order valence-electron chi connectivity index (χ4n) is 4.64. The Balaban J connectivity index is 0.000000199. The van der Waals surface area contributed by atoms with E-state index in [1.807, 2.05) is 18.2 Å². The molecule has 0 radical (unpaired) electrons. The Morgan fingerprint density at radius 1 is 0.676 bits per heavy atom. The molecule has 6 aromatic rings. The third-order valence-corrected chi connectivity index (χ3v) is 7.01. The Bertz CT molecular complexity index is 1680. The fourth-order valence-corrected chi connectivity index (χ4v) is 5.05. The van der Waals surface area contributed by atoms with Crippen LogP contribution in [0.4, 0.5) is 0 Å². The Labute approximate surface area is 246 Å². The molecule has 0 amide bonds. The van der Waals surface area contributed by atoms with Crippen molar-refractivity contribution in [2.45, 2.75) is 13.3 Å². The second-order valence-corrected chi connectivity index (χ2v) is 10.4. The van der Waals surface area contributed by atoms with E-state index in [1.165, 1.54) is 76.1 Å². The molecule has 0 unspecified atom stereocenters. The van der Waals surface area contributed by atoms with Gasteiger partial charge < -0.3 is 24.8 Å². The fraction of sp³-hybridized carbons (Fsp3) is 0.0588. The monoisotopic (exact) mass is 594 g/mol. The van der Waals surface area contributed by atoms with E-state index in [9.17, 15) is 0 Å². The number of rotatable bonds is 1. The van der Waals surface area contributed by atoms with Crippen molar-refractivity contribution in [3.63, 3.8) is 0 Å². The van der Waals surface area contributed by atoms with Crippen molar-refractivity contribution < 1.29 is 49.0 Å². The van der Waals surface area contributed by atoms with Gasteiger partial charge in [0.25, 0.3) is 0 Å². The minimum Gasteiger partial charge on any atom is -1.00 e.